The van der Waals surface area contributed by atoms with Crippen molar-refractivity contribution in [2.75, 3.05) is 6.79 Å². The van der Waals surface area contributed by atoms with Gasteiger partial charge in [-0.2, -0.15) is 0 Å². The molecule has 0 aromatic heterocycles. The number of fused-ring (bicyclic) bond motifs is 2. The highest BCUT2D eigenvalue weighted by atomic mass is 35.5. The first-order valence-electron chi connectivity index (χ1n) is 5.11. The van der Waals surface area contributed by atoms with Crippen LogP contribution >= 0.6 is 12.4 Å². The van der Waals surface area contributed by atoms with Crippen LogP contribution in [-0.2, 0) is 17.8 Å². The van der Waals surface area contributed by atoms with Crippen LogP contribution in [-0.4, -0.2) is 23.9 Å². The Bertz CT molecular complexity index is 463. The fourth-order valence-electron chi connectivity index (χ4n) is 2.08. The number of hydrogen-bond acceptors (Lipinski definition) is 4. The van der Waals surface area contributed by atoms with Crippen LogP contribution in [0.4, 0.5) is 0 Å². The number of rotatable bonds is 1. The van der Waals surface area contributed by atoms with E-state index in [-0.39, 0.29) is 19.2 Å². The molecule has 1 unspecified atom stereocenters. The molecule has 2 heterocycles. The number of aliphatic carboxylic acids is 1. The maximum absolute atomic E-state index is 10.9. The van der Waals surface area contributed by atoms with E-state index in [9.17, 15) is 4.79 Å². The molecule has 0 amide bonds. The third-order valence-electron chi connectivity index (χ3n) is 2.96. The molecule has 1 aromatic rings. The summed E-state index contributed by atoms with van der Waals surface area (Å²) in [6.45, 7) is 0.803. The highest BCUT2D eigenvalue weighted by Crippen LogP contribution is 2.36. The largest absolute Gasteiger partial charge is 0.480 e. The Kier molecular flexibility index (Phi) is 3.13. The Hall–Kier alpha value is -1.46. The van der Waals surface area contributed by atoms with E-state index in [1.165, 1.54) is 0 Å². The van der Waals surface area contributed by atoms with Gasteiger partial charge in [-0.15, -0.1) is 12.4 Å². The van der Waals surface area contributed by atoms with Crippen molar-refractivity contribution in [2.24, 2.45) is 0 Å². The predicted molar refractivity (Wildman–Crippen MR) is 61.8 cm³/mol. The van der Waals surface area contributed by atoms with E-state index in [2.05, 4.69) is 5.32 Å². The van der Waals surface area contributed by atoms with E-state index >= 15 is 0 Å². The number of ether oxygens (including phenoxy) is 2. The molecule has 0 radical (unpaired) electrons. The second-order valence-corrected chi connectivity index (χ2v) is 3.95. The second kappa shape index (κ2) is 4.43. The van der Waals surface area contributed by atoms with Crippen LogP contribution in [0.5, 0.6) is 11.5 Å². The molecule has 2 aliphatic rings. The Balaban J connectivity index is 0.00000108. The zero-order chi connectivity index (χ0) is 11.1. The molecule has 0 spiro atoms. The van der Waals surface area contributed by atoms with Crippen LogP contribution in [0.1, 0.15) is 11.1 Å². The highest BCUT2D eigenvalue weighted by molar-refractivity contribution is 5.85. The average Bonchev–Trinajstić information content (AvgIpc) is 2.71. The van der Waals surface area contributed by atoms with Crippen molar-refractivity contribution >= 4 is 18.4 Å². The third-order valence-corrected chi connectivity index (χ3v) is 2.96. The fraction of sp³-hybridized carbons (Fsp3) is 0.364. The molecule has 0 fully saturated rings. The Labute approximate surface area is 104 Å². The quantitative estimate of drug-likeness (QED) is 0.784. The highest BCUT2D eigenvalue weighted by Gasteiger charge is 2.26. The molecule has 0 bridgehead atoms. The van der Waals surface area contributed by atoms with Crippen molar-refractivity contribution in [3.63, 3.8) is 0 Å². The van der Waals surface area contributed by atoms with Crippen LogP contribution in [0.3, 0.4) is 0 Å². The molecule has 92 valence electrons. The van der Waals surface area contributed by atoms with Gasteiger partial charge in [-0.3, -0.25) is 4.79 Å². The van der Waals surface area contributed by atoms with E-state index in [1.807, 2.05) is 12.1 Å². The molecule has 2 aliphatic heterocycles. The first-order valence-corrected chi connectivity index (χ1v) is 5.11. The number of benzene rings is 1. The lowest BCUT2D eigenvalue weighted by Crippen LogP contribution is -2.41. The summed E-state index contributed by atoms with van der Waals surface area (Å²) in [5.41, 5.74) is 2.11. The Morgan fingerprint density at radius 2 is 1.94 bits per heavy atom. The van der Waals surface area contributed by atoms with E-state index in [0.717, 1.165) is 16.9 Å². The summed E-state index contributed by atoms with van der Waals surface area (Å²) >= 11 is 0. The number of carboxylic acids is 1. The standard InChI is InChI=1S/C11H11NO4.ClH/c13-11(14)8-1-6-2-9-10(16-5-15-9)3-7(6)4-12-8;/h2-3,8,12H,1,4-5H2,(H,13,14);1H. The summed E-state index contributed by atoms with van der Waals surface area (Å²) in [6, 6.07) is 3.30. The van der Waals surface area contributed by atoms with Gasteiger partial charge in [0.1, 0.15) is 6.04 Å². The zero-order valence-electron chi connectivity index (χ0n) is 8.93. The number of hydrogen-bond donors (Lipinski definition) is 2. The molecule has 0 saturated heterocycles. The van der Waals surface area contributed by atoms with Crippen LogP contribution in [0.2, 0.25) is 0 Å². The third kappa shape index (κ3) is 2.03. The summed E-state index contributed by atoms with van der Waals surface area (Å²) in [5, 5.41) is 11.9. The molecule has 2 N–H and O–H groups in total. The first kappa shape index (κ1) is 12.0. The van der Waals surface area contributed by atoms with E-state index in [1.54, 1.807) is 0 Å². The lowest BCUT2D eigenvalue weighted by atomic mass is 9.95. The smallest absolute Gasteiger partial charge is 0.321 e. The maximum atomic E-state index is 10.9. The average molecular weight is 258 g/mol. The molecule has 1 aromatic carbocycles. The van der Waals surface area contributed by atoms with Crippen molar-refractivity contribution in [3.05, 3.63) is 23.3 Å². The summed E-state index contributed by atoms with van der Waals surface area (Å²) in [7, 11) is 0. The molecule has 5 nitrogen and oxygen atoms in total. The summed E-state index contributed by atoms with van der Waals surface area (Å²) in [6.07, 6.45) is 0.487. The molecular formula is C11H12ClNO4. The summed E-state index contributed by atoms with van der Waals surface area (Å²) in [5.74, 6) is 0.641. The molecule has 17 heavy (non-hydrogen) atoms. The number of nitrogens with one attached hydrogen (secondary N) is 1. The number of carboxylic acid groups (broad SMARTS) is 1. The molecular weight excluding hydrogens is 246 g/mol. The first-order chi connectivity index (χ1) is 7.74. The zero-order valence-corrected chi connectivity index (χ0v) is 9.75. The van der Waals surface area contributed by atoms with Gasteiger partial charge in [0.2, 0.25) is 6.79 Å². The SMILES string of the molecule is Cl.O=C(O)C1Cc2cc3c(cc2CN1)OCO3. The van der Waals surface area contributed by atoms with Crippen molar-refractivity contribution in [3.8, 4) is 11.5 Å². The number of carbonyl (C=O) groups is 1. The van der Waals surface area contributed by atoms with Crippen LogP contribution in [0, 0.1) is 0 Å². The summed E-state index contributed by atoms with van der Waals surface area (Å²) < 4.78 is 10.5. The van der Waals surface area contributed by atoms with Gasteiger partial charge in [0.15, 0.2) is 11.5 Å². The molecule has 1 atom stereocenters. The number of halogens is 1. The van der Waals surface area contributed by atoms with Gasteiger partial charge < -0.3 is 19.9 Å². The van der Waals surface area contributed by atoms with Crippen molar-refractivity contribution in [1.82, 2.24) is 5.32 Å². The van der Waals surface area contributed by atoms with Crippen molar-refractivity contribution in [2.45, 2.75) is 19.0 Å². The fourth-order valence-corrected chi connectivity index (χ4v) is 2.08. The van der Waals surface area contributed by atoms with Crippen LogP contribution < -0.4 is 14.8 Å². The van der Waals surface area contributed by atoms with E-state index < -0.39 is 12.0 Å². The minimum atomic E-state index is -0.816. The molecule has 3 rings (SSSR count). The van der Waals surface area contributed by atoms with Crippen LogP contribution in [0.15, 0.2) is 12.1 Å². The van der Waals surface area contributed by atoms with E-state index in [4.69, 9.17) is 14.6 Å². The van der Waals surface area contributed by atoms with Crippen molar-refractivity contribution < 1.29 is 19.4 Å². The van der Waals surface area contributed by atoms with Gasteiger partial charge in [-0.25, -0.2) is 0 Å². The predicted octanol–water partition coefficient (Wildman–Crippen LogP) is 0.936. The molecule has 0 saturated carbocycles. The van der Waals surface area contributed by atoms with Gasteiger partial charge in [0.25, 0.3) is 0 Å². The molecule has 6 heteroatoms. The topological polar surface area (TPSA) is 67.8 Å². The van der Waals surface area contributed by atoms with Gasteiger partial charge in [-0.1, -0.05) is 0 Å². The summed E-state index contributed by atoms with van der Waals surface area (Å²) in [4.78, 5) is 10.9. The maximum Gasteiger partial charge on any atom is 0.321 e. The Morgan fingerprint density at radius 3 is 2.59 bits per heavy atom. The van der Waals surface area contributed by atoms with Gasteiger partial charge >= 0.3 is 5.97 Å². The van der Waals surface area contributed by atoms with E-state index in [0.29, 0.717) is 18.7 Å². The lowest BCUT2D eigenvalue weighted by molar-refractivity contribution is -0.139. The second-order valence-electron chi connectivity index (χ2n) is 3.95. The van der Waals surface area contributed by atoms with Gasteiger partial charge in [0, 0.05) is 6.54 Å². The Morgan fingerprint density at radius 1 is 1.29 bits per heavy atom. The minimum Gasteiger partial charge on any atom is -0.480 e. The monoisotopic (exact) mass is 257 g/mol. The minimum absolute atomic E-state index is 0. The lowest BCUT2D eigenvalue weighted by Gasteiger charge is -2.23. The normalized spacial score (nSPS) is 20.4. The van der Waals surface area contributed by atoms with Gasteiger partial charge in [-0.05, 0) is 29.7 Å². The van der Waals surface area contributed by atoms with Crippen LogP contribution in [0.25, 0.3) is 0 Å². The molecule has 0 aliphatic carbocycles. The van der Waals surface area contributed by atoms with Crippen molar-refractivity contribution in [1.29, 1.82) is 0 Å². The van der Waals surface area contributed by atoms with Gasteiger partial charge in [0.05, 0.1) is 0 Å².